The van der Waals surface area contributed by atoms with E-state index in [1.165, 1.54) is 5.57 Å². The van der Waals surface area contributed by atoms with Gasteiger partial charge < -0.3 is 14.5 Å². The van der Waals surface area contributed by atoms with E-state index in [1.807, 2.05) is 41.8 Å². The number of rotatable bonds is 8. The first-order chi connectivity index (χ1) is 17.8. The van der Waals surface area contributed by atoms with E-state index in [1.54, 1.807) is 0 Å². The van der Waals surface area contributed by atoms with Gasteiger partial charge in [-0.25, -0.2) is 4.79 Å². The Morgan fingerprint density at radius 1 is 1.08 bits per heavy atom. The van der Waals surface area contributed by atoms with Crippen LogP contribution in [-0.4, -0.2) is 77.1 Å². The van der Waals surface area contributed by atoms with Gasteiger partial charge in [-0.2, -0.15) is 0 Å². The maximum Gasteiger partial charge on any atom is 0.410 e. The molecule has 1 spiro atoms. The number of amides is 2. The Labute approximate surface area is 224 Å². The van der Waals surface area contributed by atoms with Crippen molar-refractivity contribution in [2.45, 2.75) is 104 Å². The zero-order valence-corrected chi connectivity index (χ0v) is 23.7. The average molecular weight is 510 g/mol. The van der Waals surface area contributed by atoms with Crippen molar-refractivity contribution in [3.63, 3.8) is 0 Å². The fourth-order valence-electron chi connectivity index (χ4n) is 6.71. The Morgan fingerprint density at radius 3 is 2.32 bits per heavy atom. The van der Waals surface area contributed by atoms with Crippen molar-refractivity contribution >= 4 is 12.0 Å². The molecular weight excluding hydrogens is 462 g/mol. The first-order valence-corrected chi connectivity index (χ1v) is 14.5. The molecule has 37 heavy (non-hydrogen) atoms. The van der Waals surface area contributed by atoms with Crippen molar-refractivity contribution in [2.75, 3.05) is 32.7 Å². The fourth-order valence-corrected chi connectivity index (χ4v) is 6.71. The molecule has 3 fully saturated rings. The van der Waals surface area contributed by atoms with Gasteiger partial charge in [-0.1, -0.05) is 49.6 Å². The molecule has 1 aromatic rings. The normalized spacial score (nSPS) is 22.4. The molecule has 3 aliphatic heterocycles. The summed E-state index contributed by atoms with van der Waals surface area (Å²) in [7, 11) is 0. The summed E-state index contributed by atoms with van der Waals surface area (Å²) in [6.07, 6.45) is 10.1. The van der Waals surface area contributed by atoms with E-state index >= 15 is 0 Å². The molecule has 3 heterocycles. The number of likely N-dealkylation sites (tertiary alicyclic amines) is 2. The molecule has 6 nitrogen and oxygen atoms in total. The topological polar surface area (TPSA) is 53.1 Å². The van der Waals surface area contributed by atoms with E-state index in [4.69, 9.17) is 4.74 Å². The summed E-state index contributed by atoms with van der Waals surface area (Å²) in [5.74, 6) is 0.177. The van der Waals surface area contributed by atoms with Gasteiger partial charge in [0.25, 0.3) is 5.91 Å². The second kappa shape index (κ2) is 12.0. The lowest BCUT2D eigenvalue weighted by molar-refractivity contribution is -0.0381. The SMILES string of the molecule is CCCCC1N(CCC=C(C)C)C(=O)OC12CCN(C1CCN(C(=O)c3c(C)cccc3C)CC1)CC2. The average Bonchev–Trinajstić information content (AvgIpc) is 3.12. The first kappa shape index (κ1) is 27.7. The molecule has 1 aromatic carbocycles. The lowest BCUT2D eigenvalue weighted by Gasteiger charge is -2.46. The Morgan fingerprint density at radius 2 is 1.73 bits per heavy atom. The van der Waals surface area contributed by atoms with E-state index in [0.717, 1.165) is 101 Å². The van der Waals surface area contributed by atoms with Gasteiger partial charge in [0.1, 0.15) is 5.60 Å². The Kier molecular flexibility index (Phi) is 8.99. The highest BCUT2D eigenvalue weighted by molar-refractivity contribution is 5.97. The molecule has 4 rings (SSSR count). The van der Waals surface area contributed by atoms with Crippen LogP contribution in [0.5, 0.6) is 0 Å². The number of hydrogen-bond acceptors (Lipinski definition) is 4. The number of piperidine rings is 2. The zero-order valence-electron chi connectivity index (χ0n) is 23.7. The molecule has 0 saturated carbocycles. The molecule has 0 N–H and O–H groups in total. The lowest BCUT2D eigenvalue weighted by Crippen LogP contribution is -2.56. The molecule has 204 valence electrons. The van der Waals surface area contributed by atoms with Crippen molar-refractivity contribution in [2.24, 2.45) is 0 Å². The number of benzene rings is 1. The van der Waals surface area contributed by atoms with Gasteiger partial charge in [-0.3, -0.25) is 9.69 Å². The van der Waals surface area contributed by atoms with Gasteiger partial charge in [0, 0.05) is 57.2 Å². The number of hydrogen-bond donors (Lipinski definition) is 0. The van der Waals surface area contributed by atoms with Gasteiger partial charge in [-0.15, -0.1) is 0 Å². The number of aryl methyl sites for hydroxylation is 2. The zero-order chi connectivity index (χ0) is 26.6. The molecule has 0 bridgehead atoms. The highest BCUT2D eigenvalue weighted by Crippen LogP contribution is 2.42. The van der Waals surface area contributed by atoms with E-state index in [9.17, 15) is 9.59 Å². The van der Waals surface area contributed by atoms with Crippen LogP contribution in [0.15, 0.2) is 29.8 Å². The number of nitrogens with zero attached hydrogens (tertiary/aromatic N) is 3. The number of carbonyl (C=O) groups excluding carboxylic acids is 2. The van der Waals surface area contributed by atoms with Crippen LogP contribution in [0.1, 0.15) is 93.6 Å². The third kappa shape index (κ3) is 6.05. The summed E-state index contributed by atoms with van der Waals surface area (Å²) < 4.78 is 6.21. The quantitative estimate of drug-likeness (QED) is 0.397. The summed E-state index contributed by atoms with van der Waals surface area (Å²) >= 11 is 0. The molecule has 3 aliphatic rings. The number of allylic oxidation sites excluding steroid dienone is 1. The van der Waals surface area contributed by atoms with Crippen LogP contribution in [0.3, 0.4) is 0 Å². The van der Waals surface area contributed by atoms with Crippen LogP contribution in [0.25, 0.3) is 0 Å². The molecule has 0 radical (unpaired) electrons. The summed E-state index contributed by atoms with van der Waals surface area (Å²) in [5.41, 5.74) is 3.95. The molecule has 0 aliphatic carbocycles. The summed E-state index contributed by atoms with van der Waals surface area (Å²) in [6, 6.07) is 6.77. The predicted molar refractivity (Wildman–Crippen MR) is 149 cm³/mol. The second-order valence-corrected chi connectivity index (χ2v) is 11.7. The minimum absolute atomic E-state index is 0.116. The number of unbranched alkanes of at least 4 members (excludes halogenated alkanes) is 1. The molecule has 1 atom stereocenters. The highest BCUT2D eigenvalue weighted by atomic mass is 16.6. The van der Waals surface area contributed by atoms with Crippen LogP contribution in [-0.2, 0) is 4.74 Å². The largest absolute Gasteiger partial charge is 0.440 e. The van der Waals surface area contributed by atoms with E-state index in [0.29, 0.717) is 6.04 Å². The molecule has 3 saturated heterocycles. The standard InChI is InChI=1S/C31H47N3O3/c1-6-7-13-27-31(37-30(36)34(27)18-9-10-23(2)3)16-21-32(22-17-31)26-14-19-33(20-15-26)29(35)28-24(4)11-8-12-25(28)5/h8,10-12,26-27H,6-7,9,13-22H2,1-5H3. The third-order valence-corrected chi connectivity index (χ3v) is 8.87. The van der Waals surface area contributed by atoms with Crippen LogP contribution < -0.4 is 0 Å². The summed E-state index contributed by atoms with van der Waals surface area (Å²) in [6.45, 7) is 14.8. The fraction of sp³-hybridized carbons (Fsp3) is 0.677. The van der Waals surface area contributed by atoms with Crippen LogP contribution in [0.4, 0.5) is 4.79 Å². The van der Waals surface area contributed by atoms with Gasteiger partial charge >= 0.3 is 6.09 Å². The minimum Gasteiger partial charge on any atom is -0.440 e. The maximum atomic E-state index is 13.2. The summed E-state index contributed by atoms with van der Waals surface area (Å²) in [4.78, 5) is 32.9. The molecule has 1 unspecified atom stereocenters. The van der Waals surface area contributed by atoms with Gasteiger partial charge in [0.05, 0.1) is 6.04 Å². The van der Waals surface area contributed by atoms with Gasteiger partial charge in [0.15, 0.2) is 0 Å². The van der Waals surface area contributed by atoms with Crippen molar-refractivity contribution in [3.8, 4) is 0 Å². The van der Waals surface area contributed by atoms with E-state index in [2.05, 4.69) is 31.7 Å². The highest BCUT2D eigenvalue weighted by Gasteiger charge is 2.54. The second-order valence-electron chi connectivity index (χ2n) is 11.7. The number of carbonyl (C=O) groups is 2. The number of ether oxygens (including phenoxy) is 1. The van der Waals surface area contributed by atoms with Crippen molar-refractivity contribution in [1.82, 2.24) is 14.7 Å². The van der Waals surface area contributed by atoms with Crippen molar-refractivity contribution in [3.05, 3.63) is 46.5 Å². The Balaban J connectivity index is 1.34. The van der Waals surface area contributed by atoms with Crippen molar-refractivity contribution in [1.29, 1.82) is 0 Å². The lowest BCUT2D eigenvalue weighted by atomic mass is 9.81. The smallest absolute Gasteiger partial charge is 0.410 e. The van der Waals surface area contributed by atoms with Crippen LogP contribution in [0, 0.1) is 13.8 Å². The molecule has 2 amide bonds. The summed E-state index contributed by atoms with van der Waals surface area (Å²) in [5, 5.41) is 0. The van der Waals surface area contributed by atoms with E-state index in [-0.39, 0.29) is 23.6 Å². The molecule has 0 aromatic heterocycles. The first-order valence-electron chi connectivity index (χ1n) is 14.5. The molecular formula is C31H47N3O3. The minimum atomic E-state index is -0.341. The van der Waals surface area contributed by atoms with Crippen LogP contribution >= 0.6 is 0 Å². The molecule has 6 heteroatoms. The van der Waals surface area contributed by atoms with Gasteiger partial charge in [-0.05, 0) is 64.5 Å². The Hall–Kier alpha value is -2.34. The van der Waals surface area contributed by atoms with Crippen LogP contribution in [0.2, 0.25) is 0 Å². The Bertz CT molecular complexity index is 963. The predicted octanol–water partition coefficient (Wildman–Crippen LogP) is 6.11. The maximum absolute atomic E-state index is 13.2. The third-order valence-electron chi connectivity index (χ3n) is 8.87. The van der Waals surface area contributed by atoms with Gasteiger partial charge in [0.2, 0.25) is 0 Å². The van der Waals surface area contributed by atoms with Crippen molar-refractivity contribution < 1.29 is 14.3 Å². The van der Waals surface area contributed by atoms with E-state index < -0.39 is 0 Å². The monoisotopic (exact) mass is 509 g/mol.